The smallest absolute Gasteiger partial charge is 0.256 e. The molecule has 0 radical (unpaired) electrons. The minimum absolute atomic E-state index is 0.0214. The van der Waals surface area contributed by atoms with Crippen LogP contribution in [0.4, 0.5) is 4.39 Å². The number of hydrogen-bond acceptors (Lipinski definition) is 2. The second-order valence-corrected chi connectivity index (χ2v) is 4.97. The molecule has 1 nitrogen and oxygen atoms in total. The molecule has 0 aliphatic carbocycles. The first-order valence-electron chi connectivity index (χ1n) is 3.99. The number of halogens is 4. The monoisotopic (exact) mass is 286 g/mol. The predicted octanol–water partition coefficient (Wildman–Crippen LogP) is 4.62. The maximum absolute atomic E-state index is 13.3. The number of rotatable bonds is 3. The van der Waals surface area contributed by atoms with E-state index in [1.165, 1.54) is 11.8 Å². The molecule has 0 saturated heterocycles. The van der Waals surface area contributed by atoms with Crippen molar-refractivity contribution in [2.45, 2.75) is 11.8 Å². The van der Waals surface area contributed by atoms with Crippen molar-refractivity contribution in [2.24, 2.45) is 0 Å². The Morgan fingerprint density at radius 3 is 2.60 bits per heavy atom. The van der Waals surface area contributed by atoms with Crippen molar-refractivity contribution in [3.63, 3.8) is 0 Å². The maximum atomic E-state index is 13.3. The number of hydrogen-bond donors (Lipinski definition) is 0. The van der Waals surface area contributed by atoms with Crippen molar-refractivity contribution in [3.05, 3.63) is 27.5 Å². The highest BCUT2D eigenvalue weighted by Gasteiger charge is 2.20. The predicted molar refractivity (Wildman–Crippen MR) is 63.0 cm³/mol. The summed E-state index contributed by atoms with van der Waals surface area (Å²) in [5, 5.41) is -0.759. The first kappa shape index (κ1) is 13.1. The summed E-state index contributed by atoms with van der Waals surface area (Å²) in [5.41, 5.74) is -0.321. The average Bonchev–Trinajstić information content (AvgIpc) is 2.11. The van der Waals surface area contributed by atoms with Gasteiger partial charge in [-0.1, -0.05) is 30.1 Å². The van der Waals surface area contributed by atoms with E-state index >= 15 is 0 Å². The molecule has 6 heteroatoms. The summed E-state index contributed by atoms with van der Waals surface area (Å²) in [7, 11) is 0. The van der Waals surface area contributed by atoms with Crippen LogP contribution in [-0.2, 0) is 0 Å². The maximum Gasteiger partial charge on any atom is 0.256 e. The Balaban J connectivity index is 3.42. The van der Waals surface area contributed by atoms with Gasteiger partial charge in [-0.05, 0) is 23.4 Å². The molecule has 82 valence electrons. The molecular formula is C9H6Cl3FOS. The van der Waals surface area contributed by atoms with Crippen LogP contribution in [0.25, 0.3) is 0 Å². The first-order valence-corrected chi connectivity index (χ1v) is 6.11. The van der Waals surface area contributed by atoms with Crippen molar-refractivity contribution >= 4 is 51.8 Å². The van der Waals surface area contributed by atoms with E-state index in [0.717, 1.165) is 6.07 Å². The van der Waals surface area contributed by atoms with Crippen molar-refractivity contribution in [3.8, 4) is 0 Å². The van der Waals surface area contributed by atoms with Gasteiger partial charge in [0.05, 0.1) is 15.6 Å². The second-order valence-electron chi connectivity index (χ2n) is 2.57. The number of thioether (sulfide) groups is 1. The van der Waals surface area contributed by atoms with E-state index in [1.807, 2.05) is 6.92 Å². The Hall–Kier alpha value is 0.0400. The highest BCUT2D eigenvalue weighted by Crippen LogP contribution is 2.38. The third-order valence-electron chi connectivity index (χ3n) is 1.61. The third kappa shape index (κ3) is 2.78. The van der Waals surface area contributed by atoms with Gasteiger partial charge < -0.3 is 0 Å². The van der Waals surface area contributed by atoms with E-state index in [0.29, 0.717) is 10.6 Å². The molecule has 0 bridgehead atoms. The summed E-state index contributed by atoms with van der Waals surface area (Å²) in [4.78, 5) is 11.4. The summed E-state index contributed by atoms with van der Waals surface area (Å²) < 4.78 is 13.3. The van der Waals surface area contributed by atoms with Gasteiger partial charge in [-0.15, -0.1) is 11.8 Å². The summed E-state index contributed by atoms with van der Waals surface area (Å²) in [6.45, 7) is 1.89. The summed E-state index contributed by atoms with van der Waals surface area (Å²) >= 11 is 18.2. The summed E-state index contributed by atoms with van der Waals surface area (Å²) in [6.07, 6.45) is 0. The number of carbonyl (C=O) groups excluding carboxylic acids is 1. The van der Waals surface area contributed by atoms with Gasteiger partial charge >= 0.3 is 0 Å². The van der Waals surface area contributed by atoms with Gasteiger partial charge in [-0.2, -0.15) is 0 Å². The van der Waals surface area contributed by atoms with Crippen LogP contribution >= 0.6 is 46.6 Å². The molecule has 0 saturated carbocycles. The lowest BCUT2D eigenvalue weighted by Gasteiger charge is -2.08. The highest BCUT2D eigenvalue weighted by atomic mass is 35.5. The van der Waals surface area contributed by atoms with Crippen molar-refractivity contribution in [1.82, 2.24) is 0 Å². The lowest BCUT2D eigenvalue weighted by Crippen LogP contribution is -1.98. The molecule has 15 heavy (non-hydrogen) atoms. The lowest BCUT2D eigenvalue weighted by molar-refractivity contribution is 0.107. The zero-order valence-corrected chi connectivity index (χ0v) is 10.7. The minimum atomic E-state index is -0.924. The van der Waals surface area contributed by atoms with Crippen LogP contribution in [0.3, 0.4) is 0 Å². The SMILES string of the molecule is CCSc1c(Cl)cc(F)c(C(=O)Cl)c1Cl. The molecule has 0 unspecified atom stereocenters. The normalized spacial score (nSPS) is 10.5. The van der Waals surface area contributed by atoms with Gasteiger partial charge in [0, 0.05) is 4.90 Å². The Bertz CT molecular complexity index is 409. The molecular weight excluding hydrogens is 282 g/mol. The third-order valence-corrected chi connectivity index (χ3v) is 3.70. The number of benzene rings is 1. The van der Waals surface area contributed by atoms with Crippen LogP contribution in [0.2, 0.25) is 10.0 Å². The fourth-order valence-electron chi connectivity index (χ4n) is 1.03. The first-order chi connectivity index (χ1) is 6.99. The topological polar surface area (TPSA) is 17.1 Å². The van der Waals surface area contributed by atoms with Crippen molar-refractivity contribution in [1.29, 1.82) is 0 Å². The molecule has 0 N–H and O–H groups in total. The van der Waals surface area contributed by atoms with Gasteiger partial charge in [0.15, 0.2) is 0 Å². The quantitative estimate of drug-likeness (QED) is 0.596. The zero-order chi connectivity index (χ0) is 11.6. The molecule has 0 aliphatic heterocycles. The molecule has 0 aromatic heterocycles. The Morgan fingerprint density at radius 1 is 1.53 bits per heavy atom. The van der Waals surface area contributed by atoms with E-state index in [4.69, 9.17) is 34.8 Å². The number of carbonyl (C=O) groups is 1. The molecule has 1 aromatic rings. The second kappa shape index (κ2) is 5.39. The molecule has 1 rings (SSSR count). The standard InChI is InChI=1S/C9H6Cl3FOS/c1-2-15-8-4(10)3-5(13)6(7(8)11)9(12)14/h3H,2H2,1H3. The van der Waals surface area contributed by atoms with Gasteiger partial charge in [-0.25, -0.2) is 4.39 Å². The van der Waals surface area contributed by atoms with Crippen LogP contribution in [0, 0.1) is 5.82 Å². The minimum Gasteiger partial charge on any atom is -0.275 e. The van der Waals surface area contributed by atoms with Crippen LogP contribution in [-0.4, -0.2) is 11.0 Å². The molecule has 0 atom stereocenters. The molecule has 0 amide bonds. The largest absolute Gasteiger partial charge is 0.275 e. The molecule has 1 aromatic carbocycles. The van der Waals surface area contributed by atoms with E-state index < -0.39 is 11.1 Å². The fraction of sp³-hybridized carbons (Fsp3) is 0.222. The summed E-state index contributed by atoms with van der Waals surface area (Å²) in [5.74, 6) is -0.0912. The Kier molecular flexibility index (Phi) is 4.71. The highest BCUT2D eigenvalue weighted by molar-refractivity contribution is 7.99. The van der Waals surface area contributed by atoms with E-state index in [-0.39, 0.29) is 15.6 Å². The molecule has 0 aliphatic rings. The molecule has 0 spiro atoms. The van der Waals surface area contributed by atoms with Crippen LogP contribution in [0.5, 0.6) is 0 Å². The van der Waals surface area contributed by atoms with E-state index in [1.54, 1.807) is 0 Å². The van der Waals surface area contributed by atoms with Gasteiger partial charge in [0.1, 0.15) is 5.82 Å². The van der Waals surface area contributed by atoms with Crippen LogP contribution in [0.15, 0.2) is 11.0 Å². The van der Waals surface area contributed by atoms with E-state index in [9.17, 15) is 9.18 Å². The van der Waals surface area contributed by atoms with Gasteiger partial charge in [0.2, 0.25) is 0 Å². The Morgan fingerprint density at radius 2 is 2.13 bits per heavy atom. The summed E-state index contributed by atoms with van der Waals surface area (Å²) in [6, 6.07) is 1.04. The Labute approximate surface area is 106 Å². The fourth-order valence-corrected chi connectivity index (χ4v) is 2.82. The van der Waals surface area contributed by atoms with Gasteiger partial charge in [-0.3, -0.25) is 4.79 Å². The molecule has 0 fully saturated rings. The average molecular weight is 288 g/mol. The van der Waals surface area contributed by atoms with Crippen LogP contribution in [0.1, 0.15) is 17.3 Å². The van der Waals surface area contributed by atoms with Crippen molar-refractivity contribution in [2.75, 3.05) is 5.75 Å². The molecule has 0 heterocycles. The van der Waals surface area contributed by atoms with Crippen molar-refractivity contribution < 1.29 is 9.18 Å². The van der Waals surface area contributed by atoms with E-state index in [2.05, 4.69) is 0 Å². The van der Waals surface area contributed by atoms with Crippen LogP contribution < -0.4 is 0 Å². The zero-order valence-electron chi connectivity index (χ0n) is 7.61. The lowest BCUT2D eigenvalue weighted by atomic mass is 10.2. The van der Waals surface area contributed by atoms with Gasteiger partial charge in [0.25, 0.3) is 5.24 Å².